The van der Waals surface area contributed by atoms with Crippen molar-refractivity contribution in [3.05, 3.63) is 60.1 Å². The number of carbonyl (C=O) groups excluding carboxylic acids is 1. The summed E-state index contributed by atoms with van der Waals surface area (Å²) in [6, 6.07) is 8.96. The normalized spacial score (nSPS) is 11.2. The van der Waals surface area contributed by atoms with Crippen LogP contribution in [0.1, 0.15) is 6.92 Å². The van der Waals surface area contributed by atoms with Gasteiger partial charge < -0.3 is 10.1 Å². The highest BCUT2D eigenvalue weighted by atomic mass is 35.5. The van der Waals surface area contributed by atoms with Crippen LogP contribution in [0, 0.1) is 0 Å². The first-order chi connectivity index (χ1) is 15.0. The highest BCUT2D eigenvalue weighted by molar-refractivity contribution is 6.30. The number of ether oxygens (including phenoxy) is 1. The number of fused-ring (bicyclic) bond motifs is 2. The summed E-state index contributed by atoms with van der Waals surface area (Å²) < 4.78 is 8.87. The van der Waals surface area contributed by atoms with Gasteiger partial charge in [0, 0.05) is 24.3 Å². The molecule has 154 valence electrons. The van der Waals surface area contributed by atoms with E-state index in [0.29, 0.717) is 44.5 Å². The van der Waals surface area contributed by atoms with Crippen LogP contribution in [0.4, 0.5) is 5.82 Å². The minimum absolute atomic E-state index is 0.239. The maximum absolute atomic E-state index is 11.8. The van der Waals surface area contributed by atoms with Crippen molar-refractivity contribution >= 4 is 39.9 Å². The first-order valence-electron chi connectivity index (χ1n) is 9.34. The Hall–Kier alpha value is -3.98. The fraction of sp³-hybridized carbons (Fsp3) is 0.0952. The van der Waals surface area contributed by atoms with Gasteiger partial charge in [-0.2, -0.15) is 10.2 Å². The van der Waals surface area contributed by atoms with Gasteiger partial charge in [-0.1, -0.05) is 11.6 Å². The lowest BCUT2D eigenvalue weighted by molar-refractivity contribution is -0.114. The van der Waals surface area contributed by atoms with Crippen LogP contribution in [-0.2, 0) is 4.79 Å². The molecule has 10 heteroatoms. The van der Waals surface area contributed by atoms with E-state index in [2.05, 4.69) is 25.5 Å². The van der Waals surface area contributed by atoms with Gasteiger partial charge in [0.15, 0.2) is 5.65 Å². The van der Waals surface area contributed by atoms with E-state index in [1.165, 1.54) is 6.92 Å². The second-order valence-corrected chi connectivity index (χ2v) is 7.23. The molecule has 0 saturated carbocycles. The van der Waals surface area contributed by atoms with Crippen molar-refractivity contribution < 1.29 is 9.53 Å². The number of amides is 1. The fourth-order valence-electron chi connectivity index (χ4n) is 3.45. The summed E-state index contributed by atoms with van der Waals surface area (Å²) in [4.78, 5) is 20.9. The Morgan fingerprint density at radius 3 is 2.87 bits per heavy atom. The molecule has 9 nitrogen and oxygen atoms in total. The zero-order valence-electron chi connectivity index (χ0n) is 16.6. The molecular weight excluding hydrogens is 418 g/mol. The van der Waals surface area contributed by atoms with Gasteiger partial charge in [-0.05, 0) is 30.3 Å². The molecule has 1 amide bonds. The molecule has 0 saturated heterocycles. The van der Waals surface area contributed by atoms with E-state index in [9.17, 15) is 4.79 Å². The number of anilines is 1. The van der Waals surface area contributed by atoms with E-state index in [4.69, 9.17) is 16.3 Å². The Bertz CT molecular complexity index is 1460. The summed E-state index contributed by atoms with van der Waals surface area (Å²) in [6.07, 6.45) is 6.83. The number of halogens is 1. The van der Waals surface area contributed by atoms with Crippen molar-refractivity contribution in [3.63, 3.8) is 0 Å². The Kier molecular flexibility index (Phi) is 4.52. The van der Waals surface area contributed by atoms with Crippen LogP contribution in [0.3, 0.4) is 0 Å². The number of methoxy groups -OCH3 is 1. The molecule has 0 fully saturated rings. The summed E-state index contributed by atoms with van der Waals surface area (Å²) in [6.45, 7) is 1.43. The van der Waals surface area contributed by atoms with Gasteiger partial charge in [0.2, 0.25) is 5.91 Å². The molecule has 0 aliphatic heterocycles. The van der Waals surface area contributed by atoms with E-state index in [1.807, 2.05) is 6.07 Å². The molecule has 4 heterocycles. The van der Waals surface area contributed by atoms with Crippen LogP contribution in [0.25, 0.3) is 33.5 Å². The van der Waals surface area contributed by atoms with Crippen molar-refractivity contribution in [2.24, 2.45) is 0 Å². The molecule has 0 aliphatic carbocycles. The van der Waals surface area contributed by atoms with Crippen LogP contribution in [-0.4, -0.2) is 42.4 Å². The first kappa shape index (κ1) is 19.0. The summed E-state index contributed by atoms with van der Waals surface area (Å²) in [5, 5.41) is 12.9. The third-order valence-corrected chi connectivity index (χ3v) is 5.02. The standard InChI is InChI=1S/C21H16ClN7O2/c1-12(30)26-20-15-11-25-29(18-8-13(22)4-5-19(18)31-2)17(15)9-16(27-20)14-10-24-28-7-3-6-23-21(14)28/h3-11H,1-2H3,(H,26,27,30). The number of pyridine rings is 1. The SMILES string of the molecule is COc1ccc(Cl)cc1-n1ncc2c(NC(C)=O)nc(-c3cnn4cccnc34)cc21. The minimum atomic E-state index is -0.239. The quantitative estimate of drug-likeness (QED) is 0.463. The van der Waals surface area contributed by atoms with Gasteiger partial charge in [0.05, 0.1) is 41.7 Å². The van der Waals surface area contributed by atoms with Gasteiger partial charge in [-0.25, -0.2) is 19.2 Å². The molecule has 0 atom stereocenters. The van der Waals surface area contributed by atoms with E-state index in [1.54, 1.807) is 65.4 Å². The van der Waals surface area contributed by atoms with Crippen LogP contribution in [0.5, 0.6) is 5.75 Å². The van der Waals surface area contributed by atoms with Gasteiger partial charge in [-0.3, -0.25) is 4.79 Å². The average Bonchev–Trinajstić information content (AvgIpc) is 3.37. The smallest absolute Gasteiger partial charge is 0.222 e. The van der Waals surface area contributed by atoms with Gasteiger partial charge in [0.25, 0.3) is 0 Å². The molecule has 5 rings (SSSR count). The number of nitrogens with one attached hydrogen (secondary N) is 1. The molecule has 4 aromatic heterocycles. The minimum Gasteiger partial charge on any atom is -0.494 e. The third kappa shape index (κ3) is 3.24. The topological polar surface area (TPSA) is 99.2 Å². The highest BCUT2D eigenvalue weighted by Crippen LogP contribution is 2.33. The van der Waals surface area contributed by atoms with Crippen LogP contribution >= 0.6 is 11.6 Å². The molecule has 1 aromatic carbocycles. The van der Waals surface area contributed by atoms with E-state index < -0.39 is 0 Å². The largest absolute Gasteiger partial charge is 0.494 e. The monoisotopic (exact) mass is 433 g/mol. The lowest BCUT2D eigenvalue weighted by Gasteiger charge is -2.11. The number of hydrogen-bond donors (Lipinski definition) is 1. The van der Waals surface area contributed by atoms with Crippen molar-refractivity contribution in [1.29, 1.82) is 0 Å². The number of benzene rings is 1. The van der Waals surface area contributed by atoms with Gasteiger partial charge in [0.1, 0.15) is 17.3 Å². The Labute approximate surface area is 181 Å². The second kappa shape index (κ2) is 7.37. The van der Waals surface area contributed by atoms with Crippen LogP contribution < -0.4 is 10.1 Å². The number of carbonyl (C=O) groups is 1. The fourth-order valence-corrected chi connectivity index (χ4v) is 3.62. The number of nitrogens with zero attached hydrogens (tertiary/aromatic N) is 6. The van der Waals surface area contributed by atoms with Gasteiger partial charge >= 0.3 is 0 Å². The number of aromatic nitrogens is 6. The molecule has 0 aliphatic rings. The van der Waals surface area contributed by atoms with Crippen LogP contribution in [0.15, 0.2) is 55.1 Å². The summed E-state index contributed by atoms with van der Waals surface area (Å²) in [5.74, 6) is 0.756. The lowest BCUT2D eigenvalue weighted by atomic mass is 10.1. The predicted molar refractivity (Wildman–Crippen MR) is 117 cm³/mol. The molecular formula is C21H16ClN7O2. The molecule has 0 radical (unpaired) electrons. The predicted octanol–water partition coefficient (Wildman–Crippen LogP) is 3.75. The van der Waals surface area contributed by atoms with E-state index in [-0.39, 0.29) is 5.91 Å². The highest BCUT2D eigenvalue weighted by Gasteiger charge is 2.18. The maximum Gasteiger partial charge on any atom is 0.222 e. The third-order valence-electron chi connectivity index (χ3n) is 4.79. The first-order valence-corrected chi connectivity index (χ1v) is 9.72. The molecule has 0 spiro atoms. The number of hydrogen-bond acceptors (Lipinski definition) is 6. The van der Waals surface area contributed by atoms with Crippen LogP contribution in [0.2, 0.25) is 5.02 Å². The average molecular weight is 434 g/mol. The van der Waals surface area contributed by atoms with Crippen molar-refractivity contribution in [1.82, 2.24) is 29.4 Å². The zero-order chi connectivity index (χ0) is 21.5. The lowest BCUT2D eigenvalue weighted by Crippen LogP contribution is -2.08. The Balaban J connectivity index is 1.80. The maximum atomic E-state index is 11.8. The Morgan fingerprint density at radius 2 is 2.06 bits per heavy atom. The second-order valence-electron chi connectivity index (χ2n) is 6.79. The number of rotatable bonds is 4. The van der Waals surface area contributed by atoms with Crippen molar-refractivity contribution in [3.8, 4) is 22.7 Å². The summed E-state index contributed by atoms with van der Waals surface area (Å²) >= 11 is 6.23. The molecule has 1 N–H and O–H groups in total. The molecule has 0 bridgehead atoms. The summed E-state index contributed by atoms with van der Waals surface area (Å²) in [5.41, 5.74) is 3.33. The summed E-state index contributed by atoms with van der Waals surface area (Å²) in [7, 11) is 1.58. The van der Waals surface area contributed by atoms with Crippen molar-refractivity contribution in [2.75, 3.05) is 12.4 Å². The zero-order valence-corrected chi connectivity index (χ0v) is 17.3. The molecule has 0 unspecified atom stereocenters. The molecule has 31 heavy (non-hydrogen) atoms. The van der Waals surface area contributed by atoms with Gasteiger partial charge in [-0.15, -0.1) is 0 Å². The Morgan fingerprint density at radius 1 is 1.19 bits per heavy atom. The molecule has 5 aromatic rings. The van der Waals surface area contributed by atoms with E-state index >= 15 is 0 Å². The van der Waals surface area contributed by atoms with E-state index in [0.717, 1.165) is 5.56 Å². The van der Waals surface area contributed by atoms with Crippen molar-refractivity contribution in [2.45, 2.75) is 6.92 Å².